The molecule has 1 fully saturated rings. The summed E-state index contributed by atoms with van der Waals surface area (Å²) in [5.74, 6) is 0.113. The maximum absolute atomic E-state index is 12.7. The standard InChI is InChI=1S/C17H21N3O2/c1-19(11-13-6-5-9-16(13)21)17(22)15-10-18-12-20(15)14-7-3-2-4-8-14/h2-4,7-8,10,12-13,16,21H,5-6,9,11H2,1H3. The highest BCUT2D eigenvalue weighted by atomic mass is 16.3. The van der Waals surface area contributed by atoms with E-state index < -0.39 is 0 Å². The molecule has 5 heteroatoms. The molecule has 5 nitrogen and oxygen atoms in total. The van der Waals surface area contributed by atoms with Gasteiger partial charge in [-0.2, -0.15) is 0 Å². The van der Waals surface area contributed by atoms with Crippen LogP contribution in [0.5, 0.6) is 0 Å². The zero-order valence-electron chi connectivity index (χ0n) is 12.7. The predicted molar refractivity (Wildman–Crippen MR) is 83.9 cm³/mol. The first-order valence-corrected chi connectivity index (χ1v) is 7.68. The second kappa shape index (κ2) is 6.32. The average molecular weight is 299 g/mol. The number of nitrogens with zero attached hydrogens (tertiary/aromatic N) is 3. The lowest BCUT2D eigenvalue weighted by Gasteiger charge is -2.23. The number of carbonyl (C=O) groups is 1. The van der Waals surface area contributed by atoms with E-state index in [1.807, 2.05) is 30.3 Å². The van der Waals surface area contributed by atoms with Crippen LogP contribution in [-0.2, 0) is 0 Å². The molecule has 0 saturated heterocycles. The Morgan fingerprint density at radius 1 is 1.36 bits per heavy atom. The fourth-order valence-electron chi connectivity index (χ4n) is 3.11. The zero-order valence-corrected chi connectivity index (χ0v) is 12.7. The Labute approximate surface area is 130 Å². The first-order chi connectivity index (χ1) is 10.7. The SMILES string of the molecule is CN(CC1CCCC1O)C(=O)c1cncn1-c1ccccc1. The molecule has 0 spiro atoms. The number of benzene rings is 1. The van der Waals surface area contributed by atoms with E-state index in [2.05, 4.69) is 4.98 Å². The number of para-hydroxylation sites is 1. The molecule has 1 amide bonds. The first kappa shape index (κ1) is 14.8. The third-order valence-electron chi connectivity index (χ3n) is 4.37. The smallest absolute Gasteiger partial charge is 0.272 e. The molecule has 1 aliphatic rings. The number of rotatable bonds is 4. The van der Waals surface area contributed by atoms with Crippen molar-refractivity contribution < 1.29 is 9.90 Å². The minimum absolute atomic E-state index is 0.0690. The fourth-order valence-corrected chi connectivity index (χ4v) is 3.11. The van der Waals surface area contributed by atoms with Crippen LogP contribution in [0, 0.1) is 5.92 Å². The molecular formula is C17H21N3O2. The Morgan fingerprint density at radius 2 is 2.14 bits per heavy atom. The number of amides is 1. The van der Waals surface area contributed by atoms with Gasteiger partial charge in [-0.15, -0.1) is 0 Å². The third-order valence-corrected chi connectivity index (χ3v) is 4.37. The highest BCUT2D eigenvalue weighted by molar-refractivity contribution is 5.92. The maximum atomic E-state index is 12.7. The summed E-state index contributed by atoms with van der Waals surface area (Å²) in [5.41, 5.74) is 1.46. The van der Waals surface area contributed by atoms with Gasteiger partial charge in [0.25, 0.3) is 5.91 Å². The van der Waals surface area contributed by atoms with Crippen LogP contribution in [-0.4, -0.2) is 45.2 Å². The fraction of sp³-hybridized carbons (Fsp3) is 0.412. The zero-order chi connectivity index (χ0) is 15.5. The van der Waals surface area contributed by atoms with Crippen LogP contribution in [0.3, 0.4) is 0 Å². The van der Waals surface area contributed by atoms with Gasteiger partial charge in [-0.1, -0.05) is 24.6 Å². The number of aliphatic hydroxyl groups excluding tert-OH is 1. The van der Waals surface area contributed by atoms with Gasteiger partial charge >= 0.3 is 0 Å². The minimum Gasteiger partial charge on any atom is -0.393 e. The summed E-state index contributed by atoms with van der Waals surface area (Å²) in [6.07, 6.45) is 5.83. The largest absolute Gasteiger partial charge is 0.393 e. The topological polar surface area (TPSA) is 58.4 Å². The van der Waals surface area contributed by atoms with E-state index in [0.717, 1.165) is 24.9 Å². The monoisotopic (exact) mass is 299 g/mol. The van der Waals surface area contributed by atoms with Crippen molar-refractivity contribution in [2.24, 2.45) is 5.92 Å². The summed E-state index contributed by atoms with van der Waals surface area (Å²) in [4.78, 5) is 18.5. The van der Waals surface area contributed by atoms with E-state index in [0.29, 0.717) is 12.2 Å². The van der Waals surface area contributed by atoms with E-state index in [1.165, 1.54) is 0 Å². The lowest BCUT2D eigenvalue weighted by atomic mass is 10.1. The predicted octanol–water partition coefficient (Wildman–Crippen LogP) is 2.11. The summed E-state index contributed by atoms with van der Waals surface area (Å²) in [7, 11) is 1.79. The van der Waals surface area contributed by atoms with Crippen molar-refractivity contribution in [1.82, 2.24) is 14.5 Å². The number of hydrogen-bond donors (Lipinski definition) is 1. The molecule has 116 valence electrons. The molecule has 3 rings (SSSR count). The molecule has 2 aromatic rings. The molecule has 1 aliphatic carbocycles. The van der Waals surface area contributed by atoms with Gasteiger partial charge in [0, 0.05) is 25.2 Å². The van der Waals surface area contributed by atoms with Crippen LogP contribution in [0.2, 0.25) is 0 Å². The van der Waals surface area contributed by atoms with Crippen molar-refractivity contribution in [2.45, 2.75) is 25.4 Å². The van der Waals surface area contributed by atoms with Gasteiger partial charge in [0.2, 0.25) is 0 Å². The Kier molecular flexibility index (Phi) is 4.24. The van der Waals surface area contributed by atoms with Gasteiger partial charge in [0.15, 0.2) is 0 Å². The van der Waals surface area contributed by atoms with Crippen molar-refractivity contribution in [3.8, 4) is 5.69 Å². The van der Waals surface area contributed by atoms with Crippen LogP contribution in [0.15, 0.2) is 42.9 Å². The number of carbonyl (C=O) groups excluding carboxylic acids is 1. The van der Waals surface area contributed by atoms with E-state index in [-0.39, 0.29) is 17.9 Å². The molecule has 0 aliphatic heterocycles. The first-order valence-electron chi connectivity index (χ1n) is 7.68. The second-order valence-corrected chi connectivity index (χ2v) is 5.93. The van der Waals surface area contributed by atoms with Crippen LogP contribution < -0.4 is 0 Å². The lowest BCUT2D eigenvalue weighted by molar-refractivity contribution is 0.0686. The van der Waals surface area contributed by atoms with Crippen LogP contribution in [0.25, 0.3) is 5.69 Å². The van der Waals surface area contributed by atoms with Crippen LogP contribution >= 0.6 is 0 Å². The van der Waals surface area contributed by atoms with Crippen molar-refractivity contribution in [2.75, 3.05) is 13.6 Å². The number of aromatic nitrogens is 2. The van der Waals surface area contributed by atoms with E-state index in [4.69, 9.17) is 0 Å². The molecule has 2 unspecified atom stereocenters. The van der Waals surface area contributed by atoms with Gasteiger partial charge < -0.3 is 10.0 Å². The van der Waals surface area contributed by atoms with E-state index in [9.17, 15) is 9.90 Å². The summed E-state index contributed by atoms with van der Waals surface area (Å²) in [5, 5.41) is 9.93. The minimum atomic E-state index is -0.283. The molecule has 2 atom stereocenters. The average Bonchev–Trinajstić information content (AvgIpc) is 3.17. The van der Waals surface area contributed by atoms with Gasteiger partial charge in [-0.3, -0.25) is 9.36 Å². The quantitative estimate of drug-likeness (QED) is 0.940. The Morgan fingerprint density at radius 3 is 2.82 bits per heavy atom. The van der Waals surface area contributed by atoms with Gasteiger partial charge in [0.05, 0.1) is 18.6 Å². The Bertz CT molecular complexity index is 638. The number of hydrogen-bond acceptors (Lipinski definition) is 3. The molecule has 1 N–H and O–H groups in total. The van der Waals surface area contributed by atoms with Crippen molar-refractivity contribution in [3.63, 3.8) is 0 Å². The molecule has 0 bridgehead atoms. The summed E-state index contributed by atoms with van der Waals surface area (Å²) >= 11 is 0. The van der Waals surface area contributed by atoms with E-state index in [1.54, 1.807) is 29.0 Å². The third kappa shape index (κ3) is 2.90. The van der Waals surface area contributed by atoms with Crippen molar-refractivity contribution >= 4 is 5.91 Å². The molecule has 1 aromatic heterocycles. The molecular weight excluding hydrogens is 278 g/mol. The Hall–Kier alpha value is -2.14. The van der Waals surface area contributed by atoms with Gasteiger partial charge in [-0.05, 0) is 25.0 Å². The van der Waals surface area contributed by atoms with Crippen molar-refractivity contribution in [3.05, 3.63) is 48.5 Å². The molecule has 0 radical (unpaired) electrons. The Balaban J connectivity index is 1.77. The molecule has 22 heavy (non-hydrogen) atoms. The molecule has 1 heterocycles. The second-order valence-electron chi connectivity index (χ2n) is 5.93. The normalized spacial score (nSPS) is 21.0. The summed E-state index contributed by atoms with van der Waals surface area (Å²) in [6, 6.07) is 9.69. The van der Waals surface area contributed by atoms with E-state index >= 15 is 0 Å². The highest BCUT2D eigenvalue weighted by Crippen LogP contribution is 2.26. The number of imidazole rings is 1. The van der Waals surface area contributed by atoms with Gasteiger partial charge in [-0.25, -0.2) is 4.98 Å². The van der Waals surface area contributed by atoms with Crippen LogP contribution in [0.4, 0.5) is 0 Å². The highest BCUT2D eigenvalue weighted by Gasteiger charge is 2.28. The van der Waals surface area contributed by atoms with Crippen molar-refractivity contribution in [1.29, 1.82) is 0 Å². The number of aliphatic hydroxyl groups is 1. The van der Waals surface area contributed by atoms with Gasteiger partial charge in [0.1, 0.15) is 5.69 Å². The maximum Gasteiger partial charge on any atom is 0.272 e. The summed E-state index contributed by atoms with van der Waals surface area (Å²) in [6.45, 7) is 0.583. The molecule has 1 aromatic carbocycles. The lowest BCUT2D eigenvalue weighted by Crippen LogP contribution is -2.35. The summed E-state index contributed by atoms with van der Waals surface area (Å²) < 4.78 is 1.80. The van der Waals surface area contributed by atoms with Crippen LogP contribution in [0.1, 0.15) is 29.8 Å². The molecule has 1 saturated carbocycles.